The van der Waals surface area contributed by atoms with Crippen LogP contribution in [0.4, 0.5) is 10.6 Å². The summed E-state index contributed by atoms with van der Waals surface area (Å²) in [5.41, 5.74) is 12.6. The fourth-order valence-electron chi connectivity index (χ4n) is 3.79. The predicted molar refractivity (Wildman–Crippen MR) is 120 cm³/mol. The zero-order chi connectivity index (χ0) is 21.8. The lowest BCUT2D eigenvalue weighted by Crippen LogP contribution is -2.22. The van der Waals surface area contributed by atoms with Crippen LogP contribution in [0.1, 0.15) is 36.8 Å². The number of hydrogen-bond donors (Lipinski definition) is 4. The van der Waals surface area contributed by atoms with E-state index >= 15 is 0 Å². The van der Waals surface area contributed by atoms with Crippen molar-refractivity contribution in [3.8, 4) is 11.3 Å². The molecule has 6 rings (SSSR count). The molecule has 1 aliphatic heterocycles. The predicted octanol–water partition coefficient (Wildman–Crippen LogP) is 2.61. The second-order valence-corrected chi connectivity index (χ2v) is 8.34. The molecule has 0 atom stereocenters. The normalized spacial score (nSPS) is 18.8. The molecule has 3 amide bonds. The Morgan fingerprint density at radius 2 is 2.03 bits per heavy atom. The molecule has 1 aromatic carbocycles. The molecule has 9 heteroatoms. The molecule has 3 fully saturated rings. The monoisotopic (exact) mass is 427 g/mol. The van der Waals surface area contributed by atoms with Crippen molar-refractivity contribution in [1.82, 2.24) is 25.2 Å². The number of nitrogens with zero attached hydrogens (tertiary/aromatic N) is 3. The fourth-order valence-corrected chi connectivity index (χ4v) is 3.79. The van der Waals surface area contributed by atoms with Gasteiger partial charge in [0.15, 0.2) is 5.65 Å². The molecule has 0 spiro atoms. The molecule has 1 saturated heterocycles. The number of carbonyl (C=O) groups excluding carboxylic acids is 2. The van der Waals surface area contributed by atoms with Gasteiger partial charge in [0.1, 0.15) is 11.5 Å². The van der Waals surface area contributed by atoms with Gasteiger partial charge in [-0.25, -0.2) is 9.78 Å². The minimum Gasteiger partial charge on any atom is -0.398 e. The van der Waals surface area contributed by atoms with E-state index < -0.39 is 11.9 Å². The first-order valence-electron chi connectivity index (χ1n) is 10.6. The van der Waals surface area contributed by atoms with Gasteiger partial charge in [-0.3, -0.25) is 10.1 Å². The van der Waals surface area contributed by atoms with Crippen molar-refractivity contribution >= 4 is 35.2 Å². The van der Waals surface area contributed by atoms with E-state index in [9.17, 15) is 9.59 Å². The number of imide groups is 1. The van der Waals surface area contributed by atoms with Crippen LogP contribution in [0.3, 0.4) is 0 Å². The van der Waals surface area contributed by atoms with E-state index in [1.54, 1.807) is 16.8 Å². The summed E-state index contributed by atoms with van der Waals surface area (Å²) in [4.78, 5) is 28.3. The number of fused-ring (bicyclic) bond motifs is 1. The van der Waals surface area contributed by atoms with Gasteiger partial charge in [0.25, 0.3) is 5.91 Å². The number of urea groups is 1. The summed E-state index contributed by atoms with van der Waals surface area (Å²) < 4.78 is 1.73. The van der Waals surface area contributed by atoms with Gasteiger partial charge in [-0.2, -0.15) is 9.61 Å². The zero-order valence-corrected chi connectivity index (χ0v) is 17.2. The summed E-state index contributed by atoms with van der Waals surface area (Å²) in [7, 11) is 0. The molecule has 2 saturated carbocycles. The Morgan fingerprint density at radius 1 is 1.19 bits per heavy atom. The van der Waals surface area contributed by atoms with Crippen LogP contribution >= 0.6 is 0 Å². The number of benzene rings is 1. The van der Waals surface area contributed by atoms with Crippen LogP contribution in [0.25, 0.3) is 28.7 Å². The lowest BCUT2D eigenvalue weighted by atomic mass is 10.1. The number of nitrogens with one attached hydrogen (secondary N) is 3. The second-order valence-electron chi connectivity index (χ2n) is 8.34. The van der Waals surface area contributed by atoms with E-state index in [-0.39, 0.29) is 5.70 Å². The first kappa shape index (κ1) is 18.6. The standard InChI is InChI=1S/C23H21N7O2/c24-20(12-4-5-12)14-3-1-2-13(8-14)17-10-19(26-16-6-7-16)30-21(27-17)15(11-25-30)9-18-22(31)29-23(32)28-18/h1-3,8-11,16,26H,4-7,24H2,(H2,28,29,31,32)/b18-9-. The molecule has 32 heavy (non-hydrogen) atoms. The van der Waals surface area contributed by atoms with Gasteiger partial charge in [0.2, 0.25) is 0 Å². The summed E-state index contributed by atoms with van der Waals surface area (Å²) in [6.45, 7) is 0. The Balaban J connectivity index is 1.48. The number of anilines is 1. The van der Waals surface area contributed by atoms with Gasteiger partial charge < -0.3 is 16.4 Å². The fraction of sp³-hybridized carbons (Fsp3) is 0.217. The van der Waals surface area contributed by atoms with Crippen LogP contribution in [0.5, 0.6) is 0 Å². The molecule has 2 aliphatic carbocycles. The van der Waals surface area contributed by atoms with Crippen molar-refractivity contribution in [2.75, 3.05) is 5.32 Å². The average molecular weight is 427 g/mol. The number of nitrogens with two attached hydrogens (primary N) is 1. The summed E-state index contributed by atoms with van der Waals surface area (Å²) in [5.74, 6) is 0.356. The molecule has 9 nitrogen and oxygen atoms in total. The van der Waals surface area contributed by atoms with Crippen LogP contribution in [-0.4, -0.2) is 32.6 Å². The first-order chi connectivity index (χ1) is 15.5. The van der Waals surface area contributed by atoms with Crippen molar-refractivity contribution in [3.05, 3.63) is 58.9 Å². The Bertz CT molecular complexity index is 1360. The summed E-state index contributed by atoms with van der Waals surface area (Å²) in [5, 5.41) is 12.7. The Morgan fingerprint density at radius 3 is 2.75 bits per heavy atom. The highest BCUT2D eigenvalue weighted by molar-refractivity contribution is 6.14. The molecular formula is C23H21N7O2. The van der Waals surface area contributed by atoms with E-state index in [4.69, 9.17) is 10.7 Å². The van der Waals surface area contributed by atoms with E-state index in [0.29, 0.717) is 17.3 Å². The minimum atomic E-state index is -0.540. The summed E-state index contributed by atoms with van der Waals surface area (Å²) >= 11 is 0. The number of amides is 3. The maximum absolute atomic E-state index is 12.0. The SMILES string of the molecule is NC(=C1CC1)c1cccc(-c2cc(NC3CC3)n3ncc(/C=C4\NC(=O)NC4=O)c3n2)c1. The van der Waals surface area contributed by atoms with Crippen LogP contribution in [-0.2, 0) is 4.79 Å². The largest absolute Gasteiger partial charge is 0.398 e. The topological polar surface area (TPSA) is 126 Å². The van der Waals surface area contributed by atoms with Crippen LogP contribution < -0.4 is 21.7 Å². The Labute approximate surface area is 183 Å². The third-order valence-electron chi connectivity index (χ3n) is 5.80. The third kappa shape index (κ3) is 3.37. The van der Waals surface area contributed by atoms with Gasteiger partial charge in [-0.05, 0) is 49.0 Å². The van der Waals surface area contributed by atoms with Gasteiger partial charge in [0, 0.05) is 28.9 Å². The molecule has 5 N–H and O–H groups in total. The van der Waals surface area contributed by atoms with Gasteiger partial charge in [0.05, 0.1) is 11.9 Å². The van der Waals surface area contributed by atoms with E-state index in [1.165, 1.54) is 5.57 Å². The minimum absolute atomic E-state index is 0.166. The van der Waals surface area contributed by atoms with Crippen molar-refractivity contribution in [3.63, 3.8) is 0 Å². The molecule has 3 heterocycles. The third-order valence-corrected chi connectivity index (χ3v) is 5.80. The lowest BCUT2D eigenvalue weighted by Gasteiger charge is -2.11. The molecular weight excluding hydrogens is 406 g/mol. The number of aromatic nitrogens is 3. The zero-order valence-electron chi connectivity index (χ0n) is 17.2. The first-order valence-corrected chi connectivity index (χ1v) is 10.6. The molecule has 3 aromatic rings. The van der Waals surface area contributed by atoms with Crippen LogP contribution in [0.15, 0.2) is 47.8 Å². The van der Waals surface area contributed by atoms with Gasteiger partial charge in [-0.15, -0.1) is 0 Å². The maximum atomic E-state index is 12.0. The van der Waals surface area contributed by atoms with Crippen LogP contribution in [0.2, 0.25) is 0 Å². The summed E-state index contributed by atoms with van der Waals surface area (Å²) in [6, 6.07) is 9.92. The quantitative estimate of drug-likeness (QED) is 0.366. The maximum Gasteiger partial charge on any atom is 0.326 e. The van der Waals surface area contributed by atoms with Crippen molar-refractivity contribution in [2.24, 2.45) is 5.73 Å². The molecule has 0 unspecified atom stereocenters. The number of allylic oxidation sites excluding steroid dienone is 1. The van der Waals surface area contributed by atoms with Crippen molar-refractivity contribution < 1.29 is 9.59 Å². The lowest BCUT2D eigenvalue weighted by molar-refractivity contribution is -0.115. The molecule has 160 valence electrons. The van der Waals surface area contributed by atoms with Crippen LogP contribution in [0, 0.1) is 0 Å². The van der Waals surface area contributed by atoms with Gasteiger partial charge in [-0.1, -0.05) is 18.2 Å². The van der Waals surface area contributed by atoms with E-state index in [1.807, 2.05) is 24.3 Å². The Kier molecular flexibility index (Phi) is 4.04. The Hall–Kier alpha value is -4.14. The number of carbonyl (C=O) groups is 2. The molecule has 0 bridgehead atoms. The molecule has 2 aromatic heterocycles. The van der Waals surface area contributed by atoms with E-state index in [0.717, 1.165) is 54.0 Å². The number of rotatable bonds is 5. The second kappa shape index (κ2) is 6.94. The summed E-state index contributed by atoms with van der Waals surface area (Å²) in [6.07, 6.45) is 7.58. The highest BCUT2D eigenvalue weighted by atomic mass is 16.2. The van der Waals surface area contributed by atoms with E-state index in [2.05, 4.69) is 27.1 Å². The molecule has 0 radical (unpaired) electrons. The van der Waals surface area contributed by atoms with Crippen molar-refractivity contribution in [1.29, 1.82) is 0 Å². The molecule has 3 aliphatic rings. The average Bonchev–Trinajstić information content (AvgIpc) is 3.71. The van der Waals surface area contributed by atoms with Gasteiger partial charge >= 0.3 is 6.03 Å². The highest BCUT2D eigenvalue weighted by Crippen LogP contribution is 2.35. The highest BCUT2D eigenvalue weighted by Gasteiger charge is 2.25. The number of hydrogen-bond acceptors (Lipinski definition) is 6. The smallest absolute Gasteiger partial charge is 0.326 e. The van der Waals surface area contributed by atoms with Crippen molar-refractivity contribution in [2.45, 2.75) is 31.7 Å².